The smallest absolute Gasteiger partial charge is 0.409 e. The van der Waals surface area contributed by atoms with Crippen LogP contribution >= 0.6 is 0 Å². The van der Waals surface area contributed by atoms with Crippen molar-refractivity contribution < 1.29 is 14.3 Å². The van der Waals surface area contributed by atoms with Gasteiger partial charge in [-0.25, -0.2) is 10.6 Å². The zero-order valence-electron chi connectivity index (χ0n) is 6.61. The summed E-state index contributed by atoms with van der Waals surface area (Å²) in [5.41, 5.74) is 2.19. The number of amides is 1. The minimum Gasteiger partial charge on any atom is -0.409 e. The number of carbonyl (C=O) groups is 1. The van der Waals surface area contributed by atoms with E-state index in [0.29, 0.717) is 11.3 Å². The first-order valence-corrected chi connectivity index (χ1v) is 3.43. The molecule has 1 aromatic rings. The van der Waals surface area contributed by atoms with Crippen molar-refractivity contribution in [1.82, 2.24) is 5.43 Å². The van der Waals surface area contributed by atoms with Crippen molar-refractivity contribution in [2.24, 2.45) is 5.84 Å². The Balaban J connectivity index is 2.69. The van der Waals surface area contributed by atoms with Crippen LogP contribution in [0.4, 0.5) is 4.79 Å². The highest BCUT2D eigenvalue weighted by Gasteiger charge is 2.00. The third kappa shape index (κ3) is 2.57. The van der Waals surface area contributed by atoms with E-state index in [0.717, 1.165) is 0 Å². The molecule has 0 aliphatic carbocycles. The van der Waals surface area contributed by atoms with Gasteiger partial charge in [0, 0.05) is 5.56 Å². The van der Waals surface area contributed by atoms with Crippen LogP contribution in [0, 0.1) is 0 Å². The lowest BCUT2D eigenvalue weighted by Gasteiger charge is -2.01. The molecule has 0 unspecified atom stereocenters. The first kappa shape index (κ1) is 9.21. The molecule has 13 heavy (non-hydrogen) atoms. The van der Waals surface area contributed by atoms with Gasteiger partial charge in [-0.15, -0.1) is 0 Å². The van der Waals surface area contributed by atoms with Crippen LogP contribution in [0.3, 0.4) is 0 Å². The van der Waals surface area contributed by atoms with Crippen LogP contribution in [0.15, 0.2) is 24.3 Å². The van der Waals surface area contributed by atoms with Crippen molar-refractivity contribution in [3.63, 3.8) is 0 Å². The summed E-state index contributed by atoms with van der Waals surface area (Å²) in [5, 5.41) is 0. The molecule has 1 aromatic carbocycles. The molecule has 0 fully saturated rings. The summed E-state index contributed by atoms with van der Waals surface area (Å²) in [4.78, 5) is 20.7. The largest absolute Gasteiger partial charge is 0.426 e. The third-order valence-corrected chi connectivity index (χ3v) is 1.30. The highest BCUT2D eigenvalue weighted by atomic mass is 16.6. The molecule has 0 bridgehead atoms. The first-order valence-electron chi connectivity index (χ1n) is 3.43. The fraction of sp³-hybridized carbons (Fsp3) is 0. The Morgan fingerprint density at radius 2 is 2.00 bits per heavy atom. The van der Waals surface area contributed by atoms with Gasteiger partial charge in [-0.2, -0.15) is 0 Å². The minimum absolute atomic E-state index is 0.307. The number of carbonyl (C=O) groups excluding carboxylic acids is 2. The molecule has 3 N–H and O–H groups in total. The molecule has 0 heterocycles. The summed E-state index contributed by atoms with van der Waals surface area (Å²) in [5.74, 6) is 5.10. The van der Waals surface area contributed by atoms with E-state index in [1.807, 2.05) is 0 Å². The molecular formula is C8H7N2O3. The minimum atomic E-state index is -0.761. The van der Waals surface area contributed by atoms with Crippen molar-refractivity contribution in [2.45, 2.75) is 0 Å². The van der Waals surface area contributed by atoms with Crippen LogP contribution < -0.4 is 16.0 Å². The second kappa shape index (κ2) is 4.22. The molecule has 0 saturated heterocycles. The quantitative estimate of drug-likeness (QED) is 0.383. The van der Waals surface area contributed by atoms with Crippen molar-refractivity contribution in [3.8, 4) is 5.75 Å². The van der Waals surface area contributed by atoms with E-state index >= 15 is 0 Å². The number of hydrogen-bond donors (Lipinski definition) is 2. The Bertz CT molecular complexity index is 308. The van der Waals surface area contributed by atoms with Crippen LogP contribution in [0.5, 0.6) is 5.75 Å². The number of ether oxygens (including phenoxy) is 1. The number of hydrogen-bond acceptors (Lipinski definition) is 4. The average molecular weight is 179 g/mol. The molecular weight excluding hydrogens is 172 g/mol. The molecule has 5 nitrogen and oxygen atoms in total. The number of hydrazine groups is 1. The molecule has 0 saturated carbocycles. The standard InChI is InChI=1S/C8H7N2O3/c9-10-8(12)13-7-3-1-6(5-11)2-4-7/h1-4H,9H2,(H,10,12). The monoisotopic (exact) mass is 179 g/mol. The Kier molecular flexibility index (Phi) is 2.99. The molecule has 0 aromatic heterocycles. The SMILES string of the molecule is NNC(=O)Oc1ccc([C]=O)cc1. The average Bonchev–Trinajstić information content (AvgIpc) is 2.19. The van der Waals surface area contributed by atoms with Crippen LogP contribution in [0.2, 0.25) is 0 Å². The van der Waals surface area contributed by atoms with Crippen molar-refractivity contribution in [2.75, 3.05) is 0 Å². The molecule has 0 aliphatic heterocycles. The summed E-state index contributed by atoms with van der Waals surface area (Å²) in [6.45, 7) is 0. The number of rotatable bonds is 2. The molecule has 5 heteroatoms. The molecule has 67 valence electrons. The van der Waals surface area contributed by atoms with E-state index in [2.05, 4.69) is 4.74 Å². The first-order chi connectivity index (χ1) is 6.26. The fourth-order valence-corrected chi connectivity index (χ4v) is 0.728. The van der Waals surface area contributed by atoms with Gasteiger partial charge in [0.2, 0.25) is 6.29 Å². The Morgan fingerprint density at radius 1 is 1.38 bits per heavy atom. The second-order valence-electron chi connectivity index (χ2n) is 2.16. The van der Waals surface area contributed by atoms with Crippen LogP contribution in [0.25, 0.3) is 0 Å². The van der Waals surface area contributed by atoms with E-state index in [4.69, 9.17) is 5.84 Å². The van der Waals surface area contributed by atoms with Gasteiger partial charge < -0.3 is 4.74 Å². The van der Waals surface area contributed by atoms with Gasteiger partial charge in [-0.3, -0.25) is 10.2 Å². The van der Waals surface area contributed by atoms with E-state index in [9.17, 15) is 9.59 Å². The lowest BCUT2D eigenvalue weighted by atomic mass is 10.2. The van der Waals surface area contributed by atoms with E-state index in [-0.39, 0.29) is 0 Å². The highest BCUT2D eigenvalue weighted by Crippen LogP contribution is 2.10. The van der Waals surface area contributed by atoms with Gasteiger partial charge in [-0.1, -0.05) is 0 Å². The van der Waals surface area contributed by atoms with Crippen LogP contribution in [-0.2, 0) is 4.79 Å². The van der Waals surface area contributed by atoms with Gasteiger partial charge in [0.15, 0.2) is 0 Å². The zero-order chi connectivity index (χ0) is 9.68. The van der Waals surface area contributed by atoms with Crippen LogP contribution in [0.1, 0.15) is 5.56 Å². The number of nitrogens with one attached hydrogen (secondary N) is 1. The second-order valence-corrected chi connectivity index (χ2v) is 2.16. The topological polar surface area (TPSA) is 81.4 Å². The van der Waals surface area contributed by atoms with Crippen molar-refractivity contribution >= 4 is 12.4 Å². The molecule has 0 atom stereocenters. The maximum Gasteiger partial charge on any atom is 0.426 e. The summed E-state index contributed by atoms with van der Waals surface area (Å²) in [6, 6.07) is 5.89. The third-order valence-electron chi connectivity index (χ3n) is 1.30. The molecule has 0 spiro atoms. The van der Waals surface area contributed by atoms with E-state index in [1.165, 1.54) is 24.3 Å². The lowest BCUT2D eigenvalue weighted by Crippen LogP contribution is -2.32. The van der Waals surface area contributed by atoms with Crippen LogP contribution in [-0.4, -0.2) is 12.4 Å². The number of benzene rings is 1. The molecule has 1 rings (SSSR count). The van der Waals surface area contributed by atoms with Gasteiger partial charge in [0.1, 0.15) is 5.75 Å². The normalized spacial score (nSPS) is 9.00. The predicted octanol–water partition coefficient (Wildman–Crippen LogP) is 0.106. The van der Waals surface area contributed by atoms with E-state index in [1.54, 1.807) is 11.7 Å². The lowest BCUT2D eigenvalue weighted by molar-refractivity contribution is 0.200. The molecule has 1 radical (unpaired) electrons. The Labute approximate surface area is 74.5 Å². The maximum atomic E-state index is 10.6. The number of nitrogens with two attached hydrogens (primary N) is 1. The van der Waals surface area contributed by atoms with Gasteiger partial charge in [-0.05, 0) is 24.3 Å². The maximum absolute atomic E-state index is 10.6. The molecule has 1 amide bonds. The Morgan fingerprint density at radius 3 is 2.46 bits per heavy atom. The summed E-state index contributed by atoms with van der Waals surface area (Å²) < 4.78 is 4.66. The van der Waals surface area contributed by atoms with Crippen molar-refractivity contribution in [1.29, 1.82) is 0 Å². The molecule has 0 aliphatic rings. The Hall–Kier alpha value is -1.88. The fourth-order valence-electron chi connectivity index (χ4n) is 0.728. The predicted molar refractivity (Wildman–Crippen MR) is 44.6 cm³/mol. The van der Waals surface area contributed by atoms with E-state index < -0.39 is 6.09 Å². The van der Waals surface area contributed by atoms with Gasteiger partial charge >= 0.3 is 6.09 Å². The van der Waals surface area contributed by atoms with Gasteiger partial charge in [0.05, 0.1) is 0 Å². The van der Waals surface area contributed by atoms with Gasteiger partial charge in [0.25, 0.3) is 0 Å². The summed E-state index contributed by atoms with van der Waals surface area (Å²) >= 11 is 0. The summed E-state index contributed by atoms with van der Waals surface area (Å²) in [7, 11) is 0. The van der Waals surface area contributed by atoms with Crippen molar-refractivity contribution in [3.05, 3.63) is 29.8 Å². The summed E-state index contributed by atoms with van der Waals surface area (Å²) in [6.07, 6.45) is 0.929. The highest BCUT2D eigenvalue weighted by molar-refractivity contribution is 5.76. The zero-order valence-corrected chi connectivity index (χ0v) is 6.61.